The Morgan fingerprint density at radius 1 is 1.24 bits per heavy atom. The molecule has 118 valence electrons. The number of carbonyl (C=O) groups excluding carboxylic acids is 1. The van der Waals surface area contributed by atoms with Crippen LogP contribution in [0, 0.1) is 18.8 Å². The Labute approximate surface area is 127 Å². The Bertz CT molecular complexity index is 492. The molecule has 0 bridgehead atoms. The van der Waals surface area contributed by atoms with Crippen molar-refractivity contribution < 1.29 is 19.4 Å². The zero-order valence-corrected chi connectivity index (χ0v) is 13.8. The first-order valence-electron chi connectivity index (χ1n) is 7.32. The van der Waals surface area contributed by atoms with Crippen LogP contribution in [0.4, 0.5) is 0 Å². The van der Waals surface area contributed by atoms with E-state index in [0.717, 1.165) is 5.56 Å². The zero-order chi connectivity index (χ0) is 16.2. The molecule has 1 unspecified atom stereocenters. The minimum Gasteiger partial charge on any atom is -0.493 e. The molecule has 0 amide bonds. The number of carbonyl (C=O) groups is 1. The van der Waals surface area contributed by atoms with E-state index in [1.165, 1.54) is 0 Å². The number of ether oxygens (including phenoxy) is 2. The van der Waals surface area contributed by atoms with Crippen LogP contribution in [-0.4, -0.2) is 30.7 Å². The van der Waals surface area contributed by atoms with Crippen LogP contribution in [0.15, 0.2) is 12.1 Å². The number of hydrogen-bond donors (Lipinski definition) is 1. The van der Waals surface area contributed by atoms with Gasteiger partial charge >= 0.3 is 0 Å². The first kappa shape index (κ1) is 17.5. The molecule has 0 spiro atoms. The molecular formula is C17H26O4. The molecular weight excluding hydrogens is 268 g/mol. The van der Waals surface area contributed by atoms with Gasteiger partial charge in [-0.05, 0) is 44.4 Å². The third kappa shape index (κ3) is 4.21. The number of ketones is 1. The molecule has 1 aromatic carbocycles. The lowest BCUT2D eigenvalue weighted by Gasteiger charge is -2.20. The molecule has 4 heteroatoms. The quantitative estimate of drug-likeness (QED) is 0.784. The average molecular weight is 294 g/mol. The summed E-state index contributed by atoms with van der Waals surface area (Å²) < 4.78 is 11.1. The van der Waals surface area contributed by atoms with Crippen molar-refractivity contribution in [3.63, 3.8) is 0 Å². The molecule has 1 atom stereocenters. The van der Waals surface area contributed by atoms with Crippen LogP contribution in [0.3, 0.4) is 0 Å². The normalized spacial score (nSPS) is 12.6. The number of rotatable bonds is 7. The van der Waals surface area contributed by atoms with Crippen LogP contribution >= 0.6 is 0 Å². The summed E-state index contributed by atoms with van der Waals surface area (Å²) in [7, 11) is 1.56. The molecule has 21 heavy (non-hydrogen) atoms. The van der Waals surface area contributed by atoms with Crippen LogP contribution in [0.5, 0.6) is 11.5 Å². The highest BCUT2D eigenvalue weighted by atomic mass is 16.5. The van der Waals surface area contributed by atoms with Gasteiger partial charge in [-0.2, -0.15) is 0 Å². The smallest absolute Gasteiger partial charge is 0.168 e. The van der Waals surface area contributed by atoms with E-state index in [4.69, 9.17) is 9.47 Å². The monoisotopic (exact) mass is 294 g/mol. The van der Waals surface area contributed by atoms with Gasteiger partial charge in [-0.1, -0.05) is 13.8 Å². The number of aryl methyl sites for hydroxylation is 1. The van der Waals surface area contributed by atoms with Crippen molar-refractivity contribution in [2.24, 2.45) is 11.8 Å². The van der Waals surface area contributed by atoms with Gasteiger partial charge in [-0.3, -0.25) is 4.79 Å². The van der Waals surface area contributed by atoms with Crippen LogP contribution in [-0.2, 0) is 0 Å². The Morgan fingerprint density at radius 2 is 1.86 bits per heavy atom. The van der Waals surface area contributed by atoms with Crippen molar-refractivity contribution in [2.45, 2.75) is 40.7 Å². The standard InChI is InChI=1S/C17H26O4/c1-10(2)14(9-18)16(19)13-7-12(5)17(21-11(3)4)15(8-13)20-6/h7-8,10-11,14,18H,9H2,1-6H3. The van der Waals surface area contributed by atoms with Crippen LogP contribution in [0.1, 0.15) is 43.6 Å². The van der Waals surface area contributed by atoms with Gasteiger partial charge in [0.05, 0.1) is 19.8 Å². The second-order valence-corrected chi connectivity index (χ2v) is 5.89. The summed E-state index contributed by atoms with van der Waals surface area (Å²) in [5.74, 6) is 0.831. The lowest BCUT2D eigenvalue weighted by Crippen LogP contribution is -2.24. The van der Waals surface area contributed by atoms with Crippen molar-refractivity contribution in [2.75, 3.05) is 13.7 Å². The number of benzene rings is 1. The minimum atomic E-state index is -0.397. The van der Waals surface area contributed by atoms with Crippen molar-refractivity contribution in [3.8, 4) is 11.5 Å². The fourth-order valence-electron chi connectivity index (χ4n) is 2.23. The largest absolute Gasteiger partial charge is 0.493 e. The number of aliphatic hydroxyl groups is 1. The predicted molar refractivity (Wildman–Crippen MR) is 83.2 cm³/mol. The molecule has 1 aromatic rings. The summed E-state index contributed by atoms with van der Waals surface area (Å²) >= 11 is 0. The van der Waals surface area contributed by atoms with E-state index in [2.05, 4.69) is 0 Å². The molecule has 0 aliphatic carbocycles. The van der Waals surface area contributed by atoms with Gasteiger partial charge in [0, 0.05) is 11.5 Å². The summed E-state index contributed by atoms with van der Waals surface area (Å²) in [5, 5.41) is 9.42. The molecule has 1 rings (SSSR count). The molecule has 0 saturated carbocycles. The maximum Gasteiger partial charge on any atom is 0.168 e. The fraction of sp³-hybridized carbons (Fsp3) is 0.588. The molecule has 0 heterocycles. The molecule has 4 nitrogen and oxygen atoms in total. The van der Waals surface area contributed by atoms with Crippen molar-refractivity contribution >= 4 is 5.78 Å². The maximum atomic E-state index is 12.5. The van der Waals surface area contributed by atoms with E-state index in [1.807, 2.05) is 34.6 Å². The second kappa shape index (κ2) is 7.46. The highest BCUT2D eigenvalue weighted by molar-refractivity contribution is 5.99. The summed E-state index contributed by atoms with van der Waals surface area (Å²) in [6.07, 6.45) is 0.0278. The molecule has 1 N–H and O–H groups in total. The maximum absolute atomic E-state index is 12.5. The van der Waals surface area contributed by atoms with Gasteiger partial charge < -0.3 is 14.6 Å². The van der Waals surface area contributed by atoms with Gasteiger partial charge in [0.1, 0.15) is 0 Å². The highest BCUT2D eigenvalue weighted by Gasteiger charge is 2.24. The average Bonchev–Trinajstić information content (AvgIpc) is 2.40. The Hall–Kier alpha value is -1.55. The van der Waals surface area contributed by atoms with E-state index in [9.17, 15) is 9.90 Å². The predicted octanol–water partition coefficient (Wildman–Crippen LogP) is 3.24. The molecule has 0 aliphatic rings. The van der Waals surface area contributed by atoms with E-state index < -0.39 is 5.92 Å². The third-order valence-corrected chi connectivity index (χ3v) is 3.44. The first-order valence-corrected chi connectivity index (χ1v) is 7.32. The topological polar surface area (TPSA) is 55.8 Å². The van der Waals surface area contributed by atoms with E-state index >= 15 is 0 Å². The van der Waals surface area contributed by atoms with Crippen LogP contribution < -0.4 is 9.47 Å². The molecule has 0 aromatic heterocycles. The lowest BCUT2D eigenvalue weighted by molar-refractivity contribution is 0.0806. The summed E-state index contributed by atoms with van der Waals surface area (Å²) in [4.78, 5) is 12.5. The van der Waals surface area contributed by atoms with Gasteiger partial charge in [-0.15, -0.1) is 0 Å². The molecule has 0 saturated heterocycles. The lowest BCUT2D eigenvalue weighted by atomic mass is 9.88. The third-order valence-electron chi connectivity index (χ3n) is 3.44. The van der Waals surface area contributed by atoms with Gasteiger partial charge in [-0.25, -0.2) is 0 Å². The first-order chi connectivity index (χ1) is 9.81. The molecule has 0 radical (unpaired) electrons. The van der Waals surface area contributed by atoms with Gasteiger partial charge in [0.2, 0.25) is 0 Å². The number of aliphatic hydroxyl groups excluding tert-OH is 1. The number of Topliss-reactive ketones (excluding diaryl/α,β-unsaturated/α-hetero) is 1. The van der Waals surface area contributed by atoms with Crippen molar-refractivity contribution in [3.05, 3.63) is 23.3 Å². The fourth-order valence-corrected chi connectivity index (χ4v) is 2.23. The Morgan fingerprint density at radius 3 is 2.29 bits per heavy atom. The van der Waals surface area contributed by atoms with Crippen LogP contribution in [0.25, 0.3) is 0 Å². The highest BCUT2D eigenvalue weighted by Crippen LogP contribution is 2.34. The summed E-state index contributed by atoms with van der Waals surface area (Å²) in [5.41, 5.74) is 1.40. The van der Waals surface area contributed by atoms with Gasteiger partial charge in [0.15, 0.2) is 17.3 Å². The summed E-state index contributed by atoms with van der Waals surface area (Å²) in [6, 6.07) is 3.49. The van der Waals surface area contributed by atoms with E-state index in [-0.39, 0.29) is 24.4 Å². The minimum absolute atomic E-state index is 0.0278. The molecule has 0 aliphatic heterocycles. The van der Waals surface area contributed by atoms with Crippen LogP contribution in [0.2, 0.25) is 0 Å². The van der Waals surface area contributed by atoms with E-state index in [1.54, 1.807) is 19.2 Å². The number of methoxy groups -OCH3 is 1. The SMILES string of the molecule is COc1cc(C(=O)C(CO)C(C)C)cc(C)c1OC(C)C. The Balaban J connectivity index is 3.22. The second-order valence-electron chi connectivity index (χ2n) is 5.89. The zero-order valence-electron chi connectivity index (χ0n) is 13.8. The van der Waals surface area contributed by atoms with E-state index in [0.29, 0.717) is 17.1 Å². The van der Waals surface area contributed by atoms with Gasteiger partial charge in [0.25, 0.3) is 0 Å². The Kier molecular flexibility index (Phi) is 6.21. The molecule has 0 fully saturated rings. The number of hydrogen-bond acceptors (Lipinski definition) is 4. The van der Waals surface area contributed by atoms with Crippen molar-refractivity contribution in [1.82, 2.24) is 0 Å². The van der Waals surface area contributed by atoms with Crippen molar-refractivity contribution in [1.29, 1.82) is 0 Å². The summed E-state index contributed by atoms with van der Waals surface area (Å²) in [6.45, 7) is 9.48.